The van der Waals surface area contributed by atoms with Gasteiger partial charge in [-0.2, -0.15) is 0 Å². The molecule has 0 spiro atoms. The lowest BCUT2D eigenvalue weighted by molar-refractivity contribution is -0.274. The van der Waals surface area contributed by atoms with E-state index in [9.17, 15) is 18.3 Å². The molecule has 5 rings (SSSR count). The van der Waals surface area contributed by atoms with Gasteiger partial charge in [0.05, 0.1) is 17.4 Å². The van der Waals surface area contributed by atoms with Crippen molar-refractivity contribution in [2.24, 2.45) is 0 Å². The van der Waals surface area contributed by atoms with Crippen molar-refractivity contribution in [2.45, 2.75) is 38.3 Å². The van der Waals surface area contributed by atoms with Gasteiger partial charge in [0, 0.05) is 53.2 Å². The molecule has 0 unspecified atom stereocenters. The maximum Gasteiger partial charge on any atom is 0.573 e. The third-order valence-corrected chi connectivity index (χ3v) is 7.01. The van der Waals surface area contributed by atoms with Crippen LogP contribution in [0, 0.1) is 0 Å². The van der Waals surface area contributed by atoms with E-state index in [2.05, 4.69) is 35.4 Å². The van der Waals surface area contributed by atoms with Gasteiger partial charge in [-0.3, -0.25) is 4.98 Å². The van der Waals surface area contributed by atoms with Crippen molar-refractivity contribution in [3.8, 4) is 5.75 Å². The molecule has 2 aromatic carbocycles. The lowest BCUT2D eigenvalue weighted by Gasteiger charge is -2.19. The van der Waals surface area contributed by atoms with Gasteiger partial charge in [0.1, 0.15) is 11.4 Å². The van der Waals surface area contributed by atoms with E-state index in [1.165, 1.54) is 24.3 Å². The zero-order valence-electron chi connectivity index (χ0n) is 19.2. The molecule has 2 N–H and O–H groups in total. The molecule has 0 radical (unpaired) electrons. The fourth-order valence-electron chi connectivity index (χ4n) is 4.47. The van der Waals surface area contributed by atoms with Crippen LogP contribution in [0.25, 0.3) is 21.8 Å². The van der Waals surface area contributed by atoms with Crippen LogP contribution in [0.1, 0.15) is 32.0 Å². The Hall–Kier alpha value is -2.95. The number of ether oxygens (including phenoxy) is 1. The van der Waals surface area contributed by atoms with Crippen LogP contribution in [-0.2, 0) is 5.60 Å². The molecule has 6 nitrogen and oxygen atoms in total. The third kappa shape index (κ3) is 5.05. The van der Waals surface area contributed by atoms with Crippen LogP contribution >= 0.6 is 12.1 Å². The topological polar surface area (TPSA) is 62.5 Å². The Labute approximate surface area is 205 Å². The predicted octanol–water partition coefficient (Wildman–Crippen LogP) is 6.24. The average molecular weight is 503 g/mol. The number of hydrogen-bond donors (Lipinski definition) is 2. The van der Waals surface area contributed by atoms with Crippen molar-refractivity contribution in [3.63, 3.8) is 0 Å². The first-order valence-corrected chi connectivity index (χ1v) is 12.0. The summed E-state index contributed by atoms with van der Waals surface area (Å²) in [5.74, 6) is -0.248. The number of nitrogens with zero attached hydrogens (tertiary/aromatic N) is 3. The molecule has 0 amide bonds. The minimum Gasteiger partial charge on any atom is -0.406 e. The van der Waals surface area contributed by atoms with Gasteiger partial charge in [0.2, 0.25) is 0 Å². The van der Waals surface area contributed by atoms with Gasteiger partial charge < -0.3 is 19.1 Å². The summed E-state index contributed by atoms with van der Waals surface area (Å²) in [5.41, 5.74) is 2.45. The lowest BCUT2D eigenvalue weighted by Crippen LogP contribution is -2.18. The fraction of sp³-hybridized carbons (Fsp3) is 0.320. The minimum atomic E-state index is -4.70. The summed E-state index contributed by atoms with van der Waals surface area (Å²) in [4.78, 5) is 4.55. The first-order chi connectivity index (χ1) is 16.6. The summed E-state index contributed by atoms with van der Waals surface area (Å²) in [7, 11) is 0. The van der Waals surface area contributed by atoms with E-state index in [1.54, 1.807) is 26.0 Å². The molecule has 1 aliphatic heterocycles. The third-order valence-electron chi connectivity index (χ3n) is 6.09. The Morgan fingerprint density at radius 2 is 1.80 bits per heavy atom. The molecule has 35 heavy (non-hydrogen) atoms. The van der Waals surface area contributed by atoms with Crippen LogP contribution in [0.4, 0.5) is 18.9 Å². The number of hydrogen-bond acceptors (Lipinski definition) is 6. The van der Waals surface area contributed by atoms with Crippen molar-refractivity contribution in [3.05, 3.63) is 66.5 Å². The van der Waals surface area contributed by atoms with Crippen LogP contribution in [0.5, 0.6) is 5.75 Å². The van der Waals surface area contributed by atoms with Crippen molar-refractivity contribution < 1.29 is 23.0 Å². The van der Waals surface area contributed by atoms with Crippen LogP contribution in [0.3, 0.4) is 0 Å². The molecule has 1 fully saturated rings. The first-order valence-electron chi connectivity index (χ1n) is 11.2. The maximum absolute atomic E-state index is 12.3. The molecule has 4 aromatic rings. The van der Waals surface area contributed by atoms with Crippen LogP contribution in [-0.4, -0.2) is 38.4 Å². The highest BCUT2D eigenvalue weighted by Crippen LogP contribution is 2.37. The molecular formula is C25H25F3N4O2S. The zero-order chi connectivity index (χ0) is 24.8. The maximum atomic E-state index is 12.3. The molecule has 184 valence electrons. The van der Waals surface area contributed by atoms with E-state index in [1.807, 2.05) is 24.4 Å². The molecule has 0 bridgehead atoms. The quantitative estimate of drug-likeness (QED) is 0.305. The number of aliphatic hydroxyl groups is 1. The highest BCUT2D eigenvalue weighted by molar-refractivity contribution is 7.98. The van der Waals surface area contributed by atoms with Gasteiger partial charge in [0.15, 0.2) is 0 Å². The predicted molar refractivity (Wildman–Crippen MR) is 132 cm³/mol. The highest BCUT2D eigenvalue weighted by Gasteiger charge is 2.31. The first kappa shape index (κ1) is 23.8. The number of para-hydroxylation sites is 1. The molecule has 1 aliphatic rings. The van der Waals surface area contributed by atoms with E-state index in [0.717, 1.165) is 41.3 Å². The zero-order valence-corrected chi connectivity index (χ0v) is 20.0. The molecule has 3 heterocycles. The Morgan fingerprint density at radius 3 is 2.51 bits per heavy atom. The largest absolute Gasteiger partial charge is 0.573 e. The summed E-state index contributed by atoms with van der Waals surface area (Å²) in [5, 5.41) is 12.6. The van der Waals surface area contributed by atoms with Gasteiger partial charge in [-0.1, -0.05) is 18.2 Å². The number of rotatable bonds is 6. The molecule has 0 aliphatic carbocycles. The summed E-state index contributed by atoms with van der Waals surface area (Å²) < 4.78 is 48.7. The number of halogens is 3. The monoisotopic (exact) mass is 502 g/mol. The number of fused-ring (bicyclic) bond motifs is 3. The van der Waals surface area contributed by atoms with E-state index in [0.29, 0.717) is 11.4 Å². The van der Waals surface area contributed by atoms with E-state index < -0.39 is 12.0 Å². The molecule has 2 aromatic heterocycles. The standard InChI is InChI=1S/C25H25F3N4O2S/c1-24(2,33)23-13-20-19-5-3-4-6-21(19)32(22(20)14-29-23)17-11-12-31(15-17)35-30-16-7-9-18(10-8-16)34-25(26,27)28/h3-10,13-14,17,30,33H,11-12,15H2,1-2H3/t17-/m0/s1. The van der Waals surface area contributed by atoms with Crippen molar-refractivity contribution >= 4 is 39.6 Å². The molecule has 10 heteroatoms. The van der Waals surface area contributed by atoms with Gasteiger partial charge >= 0.3 is 6.36 Å². The smallest absolute Gasteiger partial charge is 0.406 e. The number of pyridine rings is 1. The summed E-state index contributed by atoms with van der Waals surface area (Å²) in [6, 6.07) is 16.1. The van der Waals surface area contributed by atoms with Gasteiger partial charge in [0.25, 0.3) is 0 Å². The second kappa shape index (κ2) is 8.92. The second-order valence-electron chi connectivity index (χ2n) is 9.13. The van der Waals surface area contributed by atoms with Crippen LogP contribution in [0.15, 0.2) is 60.8 Å². The lowest BCUT2D eigenvalue weighted by atomic mass is 10.0. The summed E-state index contributed by atoms with van der Waals surface area (Å²) in [6.45, 7) is 5.10. The number of aromatic nitrogens is 2. The Kier molecular flexibility index (Phi) is 6.06. The van der Waals surface area contributed by atoms with Crippen molar-refractivity contribution in [1.82, 2.24) is 13.9 Å². The van der Waals surface area contributed by atoms with Gasteiger partial charge in [-0.15, -0.1) is 13.2 Å². The average Bonchev–Trinajstić information content (AvgIpc) is 3.39. The van der Waals surface area contributed by atoms with Crippen molar-refractivity contribution in [1.29, 1.82) is 0 Å². The number of anilines is 1. The highest BCUT2D eigenvalue weighted by atomic mass is 32.2. The SMILES string of the molecule is CC(C)(O)c1cc2c3ccccc3n([C@H]3CCN(SNc4ccc(OC(F)(F)F)cc4)C3)c2cn1. The summed E-state index contributed by atoms with van der Waals surface area (Å²) >= 11 is 1.43. The molecular weight excluding hydrogens is 477 g/mol. The Balaban J connectivity index is 1.33. The van der Waals surface area contributed by atoms with Gasteiger partial charge in [-0.25, -0.2) is 4.31 Å². The molecule has 0 saturated carbocycles. The second-order valence-corrected chi connectivity index (χ2v) is 10.0. The van der Waals surface area contributed by atoms with Gasteiger partial charge in [-0.05, 0) is 56.7 Å². The van der Waals surface area contributed by atoms with E-state index in [-0.39, 0.29) is 11.8 Å². The Morgan fingerprint density at radius 1 is 1.06 bits per heavy atom. The minimum absolute atomic E-state index is 0.226. The van der Waals surface area contributed by atoms with Crippen LogP contribution in [0.2, 0.25) is 0 Å². The molecule has 1 atom stereocenters. The normalized spacial score (nSPS) is 17.4. The number of nitrogens with one attached hydrogen (secondary N) is 1. The van der Waals surface area contributed by atoms with E-state index in [4.69, 9.17) is 0 Å². The molecule has 1 saturated heterocycles. The fourth-order valence-corrected chi connectivity index (χ4v) is 5.29. The number of alkyl halides is 3. The summed E-state index contributed by atoms with van der Waals surface area (Å²) in [6.07, 6.45) is -1.91. The van der Waals surface area contributed by atoms with Crippen molar-refractivity contribution in [2.75, 3.05) is 17.8 Å². The van der Waals surface area contributed by atoms with Crippen LogP contribution < -0.4 is 9.46 Å². The number of benzene rings is 2. The Bertz CT molecular complexity index is 1350. The van der Waals surface area contributed by atoms with E-state index >= 15 is 0 Å².